The van der Waals surface area contributed by atoms with Crippen molar-refractivity contribution < 1.29 is 14.4 Å². The van der Waals surface area contributed by atoms with Gasteiger partial charge in [-0.2, -0.15) is 0 Å². The van der Waals surface area contributed by atoms with E-state index in [0.717, 1.165) is 0 Å². The van der Waals surface area contributed by atoms with Crippen molar-refractivity contribution in [1.29, 1.82) is 0 Å². The molecular formula is C19H14Cl2N4O3S. The van der Waals surface area contributed by atoms with Crippen molar-refractivity contribution in [3.63, 3.8) is 0 Å². The maximum atomic E-state index is 13.3. The van der Waals surface area contributed by atoms with E-state index in [-0.39, 0.29) is 5.11 Å². The SMILES string of the molecule is O=C1NC(=O)C2(C(=O)N1)[C@@H](c1cccc(Cl)c1)NC(=S)N[C@H]2c1cccc(Cl)c1. The van der Waals surface area contributed by atoms with E-state index in [0.29, 0.717) is 21.2 Å². The van der Waals surface area contributed by atoms with Crippen LogP contribution >= 0.6 is 35.4 Å². The Bertz CT molecular complexity index is 982. The number of benzene rings is 2. The Hall–Kier alpha value is -2.68. The van der Waals surface area contributed by atoms with Gasteiger partial charge in [0, 0.05) is 10.0 Å². The fourth-order valence-electron chi connectivity index (χ4n) is 3.83. The normalized spacial score (nSPS) is 23.1. The molecule has 0 unspecified atom stereocenters. The number of hydrogen-bond acceptors (Lipinski definition) is 4. The van der Waals surface area contributed by atoms with Crippen molar-refractivity contribution in [2.24, 2.45) is 5.41 Å². The summed E-state index contributed by atoms with van der Waals surface area (Å²) < 4.78 is 0. The number of urea groups is 1. The highest BCUT2D eigenvalue weighted by atomic mass is 35.5. The molecule has 0 bridgehead atoms. The molecule has 7 nitrogen and oxygen atoms in total. The van der Waals surface area contributed by atoms with Gasteiger partial charge >= 0.3 is 6.03 Å². The molecule has 2 heterocycles. The number of thiocarbonyl (C=S) groups is 1. The second-order valence-electron chi connectivity index (χ2n) is 6.70. The van der Waals surface area contributed by atoms with Crippen LogP contribution in [0.2, 0.25) is 10.0 Å². The minimum Gasteiger partial charge on any atom is -0.354 e. The van der Waals surface area contributed by atoms with Crippen LogP contribution < -0.4 is 21.3 Å². The highest BCUT2D eigenvalue weighted by molar-refractivity contribution is 7.80. The van der Waals surface area contributed by atoms with Crippen LogP contribution in [-0.2, 0) is 9.59 Å². The Morgan fingerprint density at radius 1 is 0.793 bits per heavy atom. The second-order valence-corrected chi connectivity index (χ2v) is 7.98. The average Bonchev–Trinajstić information content (AvgIpc) is 2.66. The minimum atomic E-state index is -1.79. The molecule has 2 aliphatic heterocycles. The maximum Gasteiger partial charge on any atom is 0.328 e. The van der Waals surface area contributed by atoms with Crippen LogP contribution in [0.15, 0.2) is 48.5 Å². The molecule has 0 radical (unpaired) electrons. The summed E-state index contributed by atoms with van der Waals surface area (Å²) in [5.41, 5.74) is -0.660. The molecule has 2 fully saturated rings. The van der Waals surface area contributed by atoms with Crippen molar-refractivity contribution in [2.75, 3.05) is 0 Å². The Morgan fingerprint density at radius 3 is 1.66 bits per heavy atom. The van der Waals surface area contributed by atoms with Gasteiger partial charge in [-0.05, 0) is 47.6 Å². The summed E-state index contributed by atoms with van der Waals surface area (Å²) in [6.45, 7) is 0. The zero-order valence-electron chi connectivity index (χ0n) is 14.7. The van der Waals surface area contributed by atoms with Gasteiger partial charge in [0.2, 0.25) is 11.8 Å². The van der Waals surface area contributed by atoms with E-state index < -0.39 is 35.3 Å². The Kier molecular flexibility index (Phi) is 4.94. The molecule has 0 saturated carbocycles. The molecule has 2 aromatic rings. The first-order valence-electron chi connectivity index (χ1n) is 8.57. The molecule has 10 heteroatoms. The van der Waals surface area contributed by atoms with Gasteiger partial charge in [0.15, 0.2) is 10.5 Å². The molecule has 148 valence electrons. The van der Waals surface area contributed by atoms with Gasteiger partial charge in [-0.3, -0.25) is 20.2 Å². The van der Waals surface area contributed by atoms with Crippen molar-refractivity contribution in [2.45, 2.75) is 12.1 Å². The van der Waals surface area contributed by atoms with E-state index in [1.807, 2.05) is 0 Å². The van der Waals surface area contributed by atoms with Gasteiger partial charge in [0.05, 0.1) is 12.1 Å². The van der Waals surface area contributed by atoms with Crippen LogP contribution in [0.5, 0.6) is 0 Å². The number of nitrogens with one attached hydrogen (secondary N) is 4. The van der Waals surface area contributed by atoms with Gasteiger partial charge in [0.1, 0.15) is 0 Å². The highest BCUT2D eigenvalue weighted by Gasteiger charge is 2.63. The summed E-state index contributed by atoms with van der Waals surface area (Å²) in [5.74, 6) is -1.52. The molecule has 4 N–H and O–H groups in total. The summed E-state index contributed by atoms with van der Waals surface area (Å²) >= 11 is 17.7. The summed E-state index contributed by atoms with van der Waals surface area (Å²) in [5, 5.41) is 11.5. The predicted octanol–water partition coefficient (Wildman–Crippen LogP) is 2.61. The molecule has 0 aromatic heterocycles. The van der Waals surface area contributed by atoms with E-state index >= 15 is 0 Å². The predicted molar refractivity (Wildman–Crippen MR) is 111 cm³/mol. The highest BCUT2D eigenvalue weighted by Crippen LogP contribution is 2.48. The number of barbiturate groups is 1. The number of halogens is 2. The molecule has 4 amide bonds. The van der Waals surface area contributed by atoms with Crippen LogP contribution in [0.1, 0.15) is 23.2 Å². The molecule has 2 aromatic carbocycles. The molecule has 2 aliphatic rings. The summed E-state index contributed by atoms with van der Waals surface area (Å²) in [6, 6.07) is 10.8. The lowest BCUT2D eigenvalue weighted by molar-refractivity contribution is -0.149. The van der Waals surface area contributed by atoms with Crippen LogP contribution in [0.25, 0.3) is 0 Å². The van der Waals surface area contributed by atoms with E-state index in [4.69, 9.17) is 35.4 Å². The Balaban J connectivity index is 1.96. The largest absolute Gasteiger partial charge is 0.354 e. The minimum absolute atomic E-state index is 0.239. The number of rotatable bonds is 2. The number of amides is 4. The van der Waals surface area contributed by atoms with E-state index in [1.54, 1.807) is 48.5 Å². The van der Waals surface area contributed by atoms with Crippen LogP contribution in [0, 0.1) is 5.41 Å². The van der Waals surface area contributed by atoms with Crippen LogP contribution in [0.4, 0.5) is 4.79 Å². The molecule has 1 spiro atoms. The third-order valence-electron chi connectivity index (χ3n) is 5.03. The lowest BCUT2D eigenvalue weighted by Gasteiger charge is -2.49. The lowest BCUT2D eigenvalue weighted by atomic mass is 9.65. The molecule has 0 aliphatic carbocycles. The van der Waals surface area contributed by atoms with Gasteiger partial charge in [0.25, 0.3) is 0 Å². The molecule has 2 saturated heterocycles. The van der Waals surface area contributed by atoms with E-state index in [9.17, 15) is 14.4 Å². The zero-order valence-corrected chi connectivity index (χ0v) is 17.0. The average molecular weight is 449 g/mol. The van der Waals surface area contributed by atoms with Crippen molar-refractivity contribution in [1.82, 2.24) is 21.3 Å². The number of hydrogen-bond donors (Lipinski definition) is 4. The van der Waals surface area contributed by atoms with Gasteiger partial charge in [-0.25, -0.2) is 4.79 Å². The third-order valence-corrected chi connectivity index (χ3v) is 5.74. The number of carbonyl (C=O) groups excluding carboxylic acids is 3. The first-order valence-corrected chi connectivity index (χ1v) is 9.73. The smallest absolute Gasteiger partial charge is 0.328 e. The molecule has 2 atom stereocenters. The maximum absolute atomic E-state index is 13.3. The molecule has 29 heavy (non-hydrogen) atoms. The van der Waals surface area contributed by atoms with Gasteiger partial charge in [-0.1, -0.05) is 47.5 Å². The van der Waals surface area contributed by atoms with Crippen molar-refractivity contribution >= 4 is 58.4 Å². The quantitative estimate of drug-likeness (QED) is 0.416. The Morgan fingerprint density at radius 2 is 1.24 bits per heavy atom. The van der Waals surface area contributed by atoms with Crippen LogP contribution in [0.3, 0.4) is 0 Å². The van der Waals surface area contributed by atoms with E-state index in [2.05, 4.69) is 21.3 Å². The number of imide groups is 2. The molecule has 4 rings (SSSR count). The first kappa shape index (κ1) is 19.6. The summed E-state index contributed by atoms with van der Waals surface area (Å²) in [7, 11) is 0. The number of carbonyl (C=O) groups is 3. The Labute approximate surface area is 181 Å². The molecular weight excluding hydrogens is 435 g/mol. The second kappa shape index (κ2) is 7.29. The summed E-state index contributed by atoms with van der Waals surface area (Å²) in [4.78, 5) is 38.3. The van der Waals surface area contributed by atoms with E-state index in [1.165, 1.54) is 0 Å². The fraction of sp³-hybridized carbons (Fsp3) is 0.158. The lowest BCUT2D eigenvalue weighted by Crippen LogP contribution is -2.73. The first-order chi connectivity index (χ1) is 13.8. The third kappa shape index (κ3) is 3.23. The van der Waals surface area contributed by atoms with Crippen LogP contribution in [-0.4, -0.2) is 23.0 Å². The fourth-order valence-corrected chi connectivity index (χ4v) is 4.47. The van der Waals surface area contributed by atoms with Gasteiger partial charge in [-0.15, -0.1) is 0 Å². The standard InChI is InChI=1S/C19H14Cl2N4O3S/c20-11-5-1-3-9(7-11)13-19(15(26)24-17(28)25-16(19)27)14(23-18(29)22-13)10-4-2-6-12(21)8-10/h1-8,13-14H,(H2,22,23,29)(H2,24,25,26,27,28)/t13-,14+. The zero-order chi connectivity index (χ0) is 20.8. The van der Waals surface area contributed by atoms with Crippen molar-refractivity contribution in [3.05, 3.63) is 69.7 Å². The van der Waals surface area contributed by atoms with Gasteiger partial charge < -0.3 is 10.6 Å². The monoisotopic (exact) mass is 448 g/mol. The van der Waals surface area contributed by atoms with Crippen molar-refractivity contribution in [3.8, 4) is 0 Å². The topological polar surface area (TPSA) is 99.3 Å². The summed E-state index contributed by atoms with van der Waals surface area (Å²) in [6.07, 6.45) is 0.